The molecular weight excluding hydrogens is 400 g/mol. The molecule has 3 aromatic rings. The molecule has 2 heterocycles. The zero-order valence-corrected chi connectivity index (χ0v) is 17.6. The minimum atomic E-state index is -0.156. The molecule has 1 atom stereocenters. The highest BCUT2D eigenvalue weighted by atomic mass is 35.5. The second-order valence-electron chi connectivity index (χ2n) is 7.28. The minimum absolute atomic E-state index is 0. The largest absolute Gasteiger partial charge is 0.489 e. The van der Waals surface area contributed by atoms with E-state index in [9.17, 15) is 4.79 Å². The van der Waals surface area contributed by atoms with Crippen LogP contribution in [0.25, 0.3) is 0 Å². The molecule has 0 spiro atoms. The van der Waals surface area contributed by atoms with Crippen molar-refractivity contribution in [1.82, 2.24) is 20.4 Å². The summed E-state index contributed by atoms with van der Waals surface area (Å²) in [5, 5.41) is 10.8. The molecule has 1 saturated heterocycles. The number of hydrogen-bond acceptors (Lipinski definition) is 4. The number of carbonyl (C=O) groups is 1. The maximum Gasteiger partial charge on any atom is 0.272 e. The van der Waals surface area contributed by atoms with Gasteiger partial charge < -0.3 is 15.4 Å². The molecule has 0 saturated carbocycles. The average molecular weight is 427 g/mol. The monoisotopic (exact) mass is 426 g/mol. The molecule has 4 rings (SSSR count). The number of rotatable bonds is 7. The number of nitrogens with zero attached hydrogens (tertiary/aromatic N) is 2. The van der Waals surface area contributed by atoms with Crippen LogP contribution in [0.15, 0.2) is 66.9 Å². The summed E-state index contributed by atoms with van der Waals surface area (Å²) in [7, 11) is 0. The van der Waals surface area contributed by atoms with Crippen molar-refractivity contribution in [1.29, 1.82) is 0 Å². The molecule has 6 nitrogen and oxygen atoms in total. The fourth-order valence-corrected chi connectivity index (χ4v) is 3.44. The first-order valence-electron chi connectivity index (χ1n) is 10.1. The van der Waals surface area contributed by atoms with Crippen LogP contribution >= 0.6 is 12.4 Å². The highest BCUT2D eigenvalue weighted by Gasteiger charge is 2.17. The number of carbonyl (C=O) groups excluding carboxylic acids is 1. The first kappa shape index (κ1) is 21.9. The molecule has 1 fully saturated rings. The van der Waals surface area contributed by atoms with E-state index in [4.69, 9.17) is 4.74 Å². The Hall–Kier alpha value is -2.83. The van der Waals surface area contributed by atoms with Gasteiger partial charge in [0.05, 0.1) is 6.04 Å². The third-order valence-electron chi connectivity index (χ3n) is 5.11. The molecular formula is C23H27ClN4O2. The lowest BCUT2D eigenvalue weighted by Gasteiger charge is -2.22. The lowest BCUT2D eigenvalue weighted by molar-refractivity contribution is 0.0944. The second-order valence-corrected chi connectivity index (χ2v) is 7.28. The minimum Gasteiger partial charge on any atom is -0.489 e. The second kappa shape index (κ2) is 10.8. The molecule has 0 aliphatic carbocycles. The van der Waals surface area contributed by atoms with Gasteiger partial charge in [-0.2, -0.15) is 5.10 Å². The van der Waals surface area contributed by atoms with E-state index >= 15 is 0 Å². The summed E-state index contributed by atoms with van der Waals surface area (Å²) in [6.07, 6.45) is 4.12. The number of nitrogens with one attached hydrogen (secondary N) is 2. The smallest absolute Gasteiger partial charge is 0.272 e. The quantitative estimate of drug-likeness (QED) is 0.604. The van der Waals surface area contributed by atoms with Crippen LogP contribution in [0.3, 0.4) is 0 Å². The molecule has 0 bridgehead atoms. The number of halogens is 1. The van der Waals surface area contributed by atoms with Gasteiger partial charge in [0.2, 0.25) is 0 Å². The highest BCUT2D eigenvalue weighted by Crippen LogP contribution is 2.16. The Morgan fingerprint density at radius 1 is 1.10 bits per heavy atom. The van der Waals surface area contributed by atoms with Crippen molar-refractivity contribution in [3.63, 3.8) is 0 Å². The van der Waals surface area contributed by atoms with E-state index < -0.39 is 0 Å². The van der Waals surface area contributed by atoms with Crippen LogP contribution < -0.4 is 15.4 Å². The maximum absolute atomic E-state index is 12.4. The number of amides is 1. The summed E-state index contributed by atoms with van der Waals surface area (Å²) < 4.78 is 7.70. The van der Waals surface area contributed by atoms with Gasteiger partial charge in [0.15, 0.2) is 0 Å². The number of piperidine rings is 1. The Labute approximate surface area is 183 Å². The van der Waals surface area contributed by atoms with Crippen LogP contribution in [-0.4, -0.2) is 28.8 Å². The van der Waals surface area contributed by atoms with Gasteiger partial charge in [0.1, 0.15) is 18.1 Å². The molecule has 1 aromatic heterocycles. The van der Waals surface area contributed by atoms with Gasteiger partial charge >= 0.3 is 0 Å². The fourth-order valence-electron chi connectivity index (χ4n) is 3.44. The van der Waals surface area contributed by atoms with Crippen LogP contribution in [0.5, 0.6) is 5.75 Å². The van der Waals surface area contributed by atoms with Gasteiger partial charge in [0, 0.05) is 19.3 Å². The van der Waals surface area contributed by atoms with Crippen LogP contribution in [0.1, 0.15) is 40.5 Å². The molecule has 30 heavy (non-hydrogen) atoms. The Balaban J connectivity index is 0.00000256. The summed E-state index contributed by atoms with van der Waals surface area (Å²) in [6.45, 7) is 2.95. The van der Waals surface area contributed by atoms with Crippen LogP contribution in [0.4, 0.5) is 0 Å². The summed E-state index contributed by atoms with van der Waals surface area (Å²) >= 11 is 0. The van der Waals surface area contributed by atoms with Crippen molar-refractivity contribution in [2.24, 2.45) is 0 Å². The van der Waals surface area contributed by atoms with Gasteiger partial charge in [0.25, 0.3) is 5.91 Å². The lowest BCUT2D eigenvalue weighted by atomic mass is 10.1. The SMILES string of the molecule is Cl.O=C(NCc1ccc(OCc2ccccc2)cc1)c1ccn(C2CCCNC2)n1. The van der Waals surface area contributed by atoms with Crippen molar-refractivity contribution in [2.45, 2.75) is 32.0 Å². The van der Waals surface area contributed by atoms with E-state index in [0.717, 1.165) is 42.8 Å². The number of hydrogen-bond donors (Lipinski definition) is 2. The molecule has 1 unspecified atom stereocenters. The first-order chi connectivity index (χ1) is 14.3. The number of ether oxygens (including phenoxy) is 1. The van der Waals surface area contributed by atoms with Crippen LogP contribution in [0.2, 0.25) is 0 Å². The van der Waals surface area contributed by atoms with Crippen molar-refractivity contribution in [3.05, 3.63) is 83.7 Å². The van der Waals surface area contributed by atoms with E-state index in [1.165, 1.54) is 0 Å². The molecule has 1 amide bonds. The van der Waals surface area contributed by atoms with Crippen molar-refractivity contribution in [3.8, 4) is 5.75 Å². The highest BCUT2D eigenvalue weighted by molar-refractivity contribution is 5.92. The van der Waals surface area contributed by atoms with Gasteiger partial charge in [-0.05, 0) is 48.7 Å². The van der Waals surface area contributed by atoms with Crippen molar-refractivity contribution >= 4 is 18.3 Å². The average Bonchev–Trinajstić information content (AvgIpc) is 3.29. The number of aromatic nitrogens is 2. The lowest BCUT2D eigenvalue weighted by Crippen LogP contribution is -2.32. The normalized spacial score (nSPS) is 15.8. The molecule has 0 radical (unpaired) electrons. The van der Waals surface area contributed by atoms with E-state index in [2.05, 4.69) is 15.7 Å². The zero-order valence-electron chi connectivity index (χ0n) is 16.8. The topological polar surface area (TPSA) is 68.2 Å². The fraction of sp³-hybridized carbons (Fsp3) is 0.304. The molecule has 158 valence electrons. The summed E-state index contributed by atoms with van der Waals surface area (Å²) in [6, 6.07) is 20.0. The molecule has 7 heteroatoms. The summed E-state index contributed by atoms with van der Waals surface area (Å²) in [5.74, 6) is 0.653. The Morgan fingerprint density at radius 2 is 1.90 bits per heavy atom. The third kappa shape index (κ3) is 5.84. The van der Waals surface area contributed by atoms with Crippen molar-refractivity contribution < 1.29 is 9.53 Å². The van der Waals surface area contributed by atoms with E-state index in [1.54, 1.807) is 6.07 Å². The molecule has 1 aliphatic heterocycles. The third-order valence-corrected chi connectivity index (χ3v) is 5.11. The van der Waals surface area contributed by atoms with Crippen molar-refractivity contribution in [2.75, 3.05) is 13.1 Å². The number of benzene rings is 2. The van der Waals surface area contributed by atoms with Crippen LogP contribution in [0, 0.1) is 0 Å². The molecule has 1 aliphatic rings. The standard InChI is InChI=1S/C23H26N4O2.ClH/c28-23(22-12-14-27(26-22)20-7-4-13-24-16-20)25-15-18-8-10-21(11-9-18)29-17-19-5-2-1-3-6-19;/h1-3,5-6,8-12,14,20,24H,4,7,13,15-17H2,(H,25,28);1H. The zero-order chi connectivity index (χ0) is 19.9. The predicted molar refractivity (Wildman–Crippen MR) is 119 cm³/mol. The van der Waals surface area contributed by atoms with E-state index in [1.807, 2.05) is 65.5 Å². The van der Waals surface area contributed by atoms with E-state index in [0.29, 0.717) is 24.9 Å². The summed E-state index contributed by atoms with van der Waals surface area (Å²) in [4.78, 5) is 12.4. The van der Waals surface area contributed by atoms with Crippen LogP contribution in [-0.2, 0) is 13.2 Å². The van der Waals surface area contributed by atoms with E-state index in [-0.39, 0.29) is 18.3 Å². The molecule has 2 N–H and O–H groups in total. The Bertz CT molecular complexity index is 922. The van der Waals surface area contributed by atoms with Gasteiger partial charge in [-0.25, -0.2) is 0 Å². The maximum atomic E-state index is 12.4. The Morgan fingerprint density at radius 3 is 2.63 bits per heavy atom. The van der Waals surface area contributed by atoms with Gasteiger partial charge in [-0.3, -0.25) is 9.48 Å². The Kier molecular flexibility index (Phi) is 7.88. The molecule has 2 aromatic carbocycles. The van der Waals surface area contributed by atoms with Gasteiger partial charge in [-0.15, -0.1) is 12.4 Å². The first-order valence-corrected chi connectivity index (χ1v) is 10.1. The van der Waals surface area contributed by atoms with Gasteiger partial charge in [-0.1, -0.05) is 42.5 Å². The summed E-state index contributed by atoms with van der Waals surface area (Å²) in [5.41, 5.74) is 2.60. The predicted octanol–water partition coefficient (Wildman–Crippen LogP) is 3.74.